The number of benzene rings is 1. The first-order valence-corrected chi connectivity index (χ1v) is 7.32. The van der Waals surface area contributed by atoms with Crippen LogP contribution in [0.15, 0.2) is 24.3 Å². The highest BCUT2D eigenvalue weighted by Gasteiger charge is 2.28. The molecule has 0 amide bonds. The number of nitrogens with zero attached hydrogens (tertiary/aromatic N) is 2. The average molecular weight is 255 g/mol. The summed E-state index contributed by atoms with van der Waals surface area (Å²) in [5.74, 6) is 1.81. The molecule has 0 bridgehead atoms. The van der Waals surface area contributed by atoms with Crippen molar-refractivity contribution >= 4 is 5.69 Å². The fourth-order valence-corrected chi connectivity index (χ4v) is 3.46. The van der Waals surface area contributed by atoms with Crippen LogP contribution in [0.2, 0.25) is 0 Å². The quantitative estimate of drug-likeness (QED) is 0.882. The minimum atomic E-state index is 0.746. The molecule has 1 unspecified atom stereocenters. The monoisotopic (exact) mass is 255 g/mol. The summed E-state index contributed by atoms with van der Waals surface area (Å²) in [7, 11) is 0. The third kappa shape index (κ3) is 2.74. The number of hydrogen-bond donors (Lipinski definition) is 1. The van der Waals surface area contributed by atoms with Gasteiger partial charge in [-0.1, -0.05) is 0 Å². The topological polar surface area (TPSA) is 39.1 Å². The van der Waals surface area contributed by atoms with Gasteiger partial charge in [-0.05, 0) is 68.5 Å². The molecule has 1 aromatic rings. The molecule has 19 heavy (non-hydrogen) atoms. The van der Waals surface area contributed by atoms with E-state index in [1.807, 2.05) is 12.1 Å². The van der Waals surface area contributed by atoms with E-state index in [9.17, 15) is 0 Å². The summed E-state index contributed by atoms with van der Waals surface area (Å²) in [6.07, 6.45) is 3.99. The highest BCUT2D eigenvalue weighted by Crippen LogP contribution is 2.30. The van der Waals surface area contributed by atoms with Crippen LogP contribution in [0.5, 0.6) is 0 Å². The smallest absolute Gasteiger partial charge is 0.0991 e. The van der Waals surface area contributed by atoms with Crippen LogP contribution in [0.4, 0.5) is 5.69 Å². The van der Waals surface area contributed by atoms with Gasteiger partial charge in [0.1, 0.15) is 0 Å². The summed E-state index contributed by atoms with van der Waals surface area (Å²) in [5, 5.41) is 12.3. The first-order valence-electron chi connectivity index (χ1n) is 7.32. The van der Waals surface area contributed by atoms with Gasteiger partial charge in [0.05, 0.1) is 11.6 Å². The molecule has 1 N–H and O–H groups in total. The first kappa shape index (κ1) is 12.5. The highest BCUT2D eigenvalue weighted by atomic mass is 15.1. The number of rotatable bonds is 2. The van der Waals surface area contributed by atoms with Crippen molar-refractivity contribution in [3.8, 4) is 6.07 Å². The van der Waals surface area contributed by atoms with E-state index in [1.54, 1.807) is 0 Å². The largest absolute Gasteiger partial charge is 0.372 e. The van der Waals surface area contributed by atoms with E-state index in [0.29, 0.717) is 0 Å². The van der Waals surface area contributed by atoms with Gasteiger partial charge in [0.2, 0.25) is 0 Å². The van der Waals surface area contributed by atoms with Crippen molar-refractivity contribution in [2.75, 3.05) is 31.1 Å². The zero-order chi connectivity index (χ0) is 13.1. The molecule has 1 aromatic carbocycles. The van der Waals surface area contributed by atoms with Crippen LogP contribution in [0.1, 0.15) is 24.8 Å². The molecule has 2 heterocycles. The van der Waals surface area contributed by atoms with Gasteiger partial charge in [-0.25, -0.2) is 0 Å². The van der Waals surface area contributed by atoms with Crippen LogP contribution in [0.3, 0.4) is 0 Å². The van der Waals surface area contributed by atoms with E-state index in [2.05, 4.69) is 28.4 Å². The molecule has 2 saturated heterocycles. The maximum Gasteiger partial charge on any atom is 0.0991 e. The minimum absolute atomic E-state index is 0.746. The molecule has 3 rings (SSSR count). The molecule has 0 aromatic heterocycles. The number of anilines is 1. The molecule has 0 spiro atoms. The Hall–Kier alpha value is -1.53. The molecular weight excluding hydrogens is 234 g/mol. The van der Waals surface area contributed by atoms with Crippen molar-refractivity contribution in [1.82, 2.24) is 5.32 Å². The molecule has 0 radical (unpaired) electrons. The standard InChI is InChI=1S/C16H21N3/c17-11-13-1-3-16(4-2-13)19-9-6-14(7-10-19)15-5-8-18-12-15/h1-4,14-15,18H,5-10,12H2. The Balaban J connectivity index is 1.58. The lowest BCUT2D eigenvalue weighted by Gasteiger charge is -2.36. The van der Waals surface area contributed by atoms with Crippen LogP contribution >= 0.6 is 0 Å². The molecule has 0 aliphatic carbocycles. The van der Waals surface area contributed by atoms with Crippen LogP contribution in [0, 0.1) is 23.2 Å². The van der Waals surface area contributed by atoms with Gasteiger partial charge in [-0.2, -0.15) is 5.26 Å². The predicted octanol–water partition coefficient (Wildman–Crippen LogP) is 2.38. The number of nitriles is 1. The van der Waals surface area contributed by atoms with Crippen molar-refractivity contribution in [3.63, 3.8) is 0 Å². The van der Waals surface area contributed by atoms with Gasteiger partial charge in [-0.15, -0.1) is 0 Å². The van der Waals surface area contributed by atoms with Gasteiger partial charge in [-0.3, -0.25) is 0 Å². The summed E-state index contributed by atoms with van der Waals surface area (Å²) >= 11 is 0. The van der Waals surface area contributed by atoms with Crippen LogP contribution in [-0.2, 0) is 0 Å². The van der Waals surface area contributed by atoms with Gasteiger partial charge in [0.25, 0.3) is 0 Å². The zero-order valence-electron chi connectivity index (χ0n) is 11.3. The van der Waals surface area contributed by atoms with Crippen LogP contribution in [-0.4, -0.2) is 26.2 Å². The van der Waals surface area contributed by atoms with E-state index >= 15 is 0 Å². The third-order valence-corrected chi connectivity index (χ3v) is 4.67. The van der Waals surface area contributed by atoms with Crippen LogP contribution < -0.4 is 10.2 Å². The van der Waals surface area contributed by atoms with E-state index in [4.69, 9.17) is 5.26 Å². The van der Waals surface area contributed by atoms with E-state index < -0.39 is 0 Å². The van der Waals surface area contributed by atoms with Gasteiger partial charge in [0.15, 0.2) is 0 Å². The van der Waals surface area contributed by atoms with E-state index in [-0.39, 0.29) is 0 Å². The highest BCUT2D eigenvalue weighted by molar-refractivity contribution is 5.49. The maximum absolute atomic E-state index is 8.83. The van der Waals surface area contributed by atoms with E-state index in [1.165, 1.54) is 38.0 Å². The molecule has 2 aliphatic heterocycles. The second-order valence-electron chi connectivity index (χ2n) is 5.74. The van der Waals surface area contributed by atoms with Crippen LogP contribution in [0.25, 0.3) is 0 Å². The molecule has 2 fully saturated rings. The molecule has 3 heteroatoms. The van der Waals surface area contributed by atoms with Gasteiger partial charge < -0.3 is 10.2 Å². The summed E-state index contributed by atoms with van der Waals surface area (Å²) in [5.41, 5.74) is 2.01. The van der Waals surface area contributed by atoms with Crippen molar-refractivity contribution in [2.45, 2.75) is 19.3 Å². The normalized spacial score (nSPS) is 24.4. The summed E-state index contributed by atoms with van der Waals surface area (Å²) in [6, 6.07) is 10.2. The Morgan fingerprint density at radius 3 is 2.37 bits per heavy atom. The summed E-state index contributed by atoms with van der Waals surface area (Å²) in [6.45, 7) is 4.75. The average Bonchev–Trinajstić information content (AvgIpc) is 3.02. The molecule has 2 aliphatic rings. The first-order chi connectivity index (χ1) is 9.36. The lowest BCUT2D eigenvalue weighted by molar-refractivity contribution is 0.292. The number of hydrogen-bond acceptors (Lipinski definition) is 3. The number of nitrogens with one attached hydrogen (secondary N) is 1. The van der Waals surface area contributed by atoms with Crippen molar-refractivity contribution in [3.05, 3.63) is 29.8 Å². The Morgan fingerprint density at radius 2 is 1.79 bits per heavy atom. The van der Waals surface area contributed by atoms with Crippen molar-refractivity contribution < 1.29 is 0 Å². The van der Waals surface area contributed by atoms with Gasteiger partial charge in [0, 0.05) is 18.8 Å². The second-order valence-corrected chi connectivity index (χ2v) is 5.74. The Labute approximate surface area is 115 Å². The minimum Gasteiger partial charge on any atom is -0.372 e. The fraction of sp³-hybridized carbons (Fsp3) is 0.562. The summed E-state index contributed by atoms with van der Waals surface area (Å²) in [4.78, 5) is 2.46. The lowest BCUT2D eigenvalue weighted by Crippen LogP contribution is -2.36. The Kier molecular flexibility index (Phi) is 3.70. The molecule has 0 saturated carbocycles. The zero-order valence-corrected chi connectivity index (χ0v) is 11.3. The molecule has 1 atom stereocenters. The molecule has 100 valence electrons. The predicted molar refractivity (Wildman–Crippen MR) is 77.1 cm³/mol. The third-order valence-electron chi connectivity index (χ3n) is 4.67. The molecule has 3 nitrogen and oxygen atoms in total. The van der Waals surface area contributed by atoms with Crippen molar-refractivity contribution in [2.24, 2.45) is 11.8 Å². The maximum atomic E-state index is 8.83. The lowest BCUT2D eigenvalue weighted by atomic mass is 9.83. The van der Waals surface area contributed by atoms with E-state index in [0.717, 1.165) is 30.5 Å². The SMILES string of the molecule is N#Cc1ccc(N2CCC(C3CCNC3)CC2)cc1. The Morgan fingerprint density at radius 1 is 1.05 bits per heavy atom. The fourth-order valence-electron chi connectivity index (χ4n) is 3.46. The second kappa shape index (κ2) is 5.63. The molecular formula is C16H21N3. The van der Waals surface area contributed by atoms with Crippen molar-refractivity contribution in [1.29, 1.82) is 5.26 Å². The Bertz CT molecular complexity index is 446. The summed E-state index contributed by atoms with van der Waals surface area (Å²) < 4.78 is 0. The van der Waals surface area contributed by atoms with Gasteiger partial charge >= 0.3 is 0 Å². The number of piperidine rings is 1.